The van der Waals surface area contributed by atoms with Crippen LogP contribution in [0.1, 0.15) is 34.5 Å². The van der Waals surface area contributed by atoms with Gasteiger partial charge in [-0.1, -0.05) is 0 Å². The van der Waals surface area contributed by atoms with E-state index in [1.54, 1.807) is 7.11 Å². The van der Waals surface area contributed by atoms with Crippen molar-refractivity contribution >= 4 is 23.2 Å². The monoisotopic (exact) mass is 297 g/mol. The molecule has 110 valence electrons. The van der Waals surface area contributed by atoms with Gasteiger partial charge >= 0.3 is 5.97 Å². The Kier molecular flexibility index (Phi) is 5.14. The maximum atomic E-state index is 12.4. The van der Waals surface area contributed by atoms with Gasteiger partial charge in [0.05, 0.1) is 11.5 Å². The highest BCUT2D eigenvalue weighted by atomic mass is 32.1. The fraction of sp³-hybridized carbons (Fsp3) is 0.571. The molecule has 20 heavy (non-hydrogen) atoms. The van der Waals surface area contributed by atoms with E-state index < -0.39 is 5.97 Å². The summed E-state index contributed by atoms with van der Waals surface area (Å²) in [7, 11) is 1.61. The number of thiophene rings is 1. The summed E-state index contributed by atoms with van der Waals surface area (Å²) in [6, 6.07) is 1.92. The van der Waals surface area contributed by atoms with Crippen molar-refractivity contribution in [1.82, 2.24) is 4.90 Å². The van der Waals surface area contributed by atoms with Gasteiger partial charge in [-0.05, 0) is 30.2 Å². The van der Waals surface area contributed by atoms with Gasteiger partial charge in [0.1, 0.15) is 0 Å². The minimum absolute atomic E-state index is 0.0424. The highest BCUT2D eigenvalue weighted by molar-refractivity contribution is 7.12. The molecule has 1 aliphatic rings. The maximum Gasteiger partial charge on any atom is 0.303 e. The molecule has 1 aliphatic heterocycles. The van der Waals surface area contributed by atoms with Gasteiger partial charge in [0.25, 0.3) is 5.91 Å². The van der Waals surface area contributed by atoms with Gasteiger partial charge in [0, 0.05) is 32.2 Å². The number of hydrogen-bond acceptors (Lipinski definition) is 4. The first-order chi connectivity index (χ1) is 9.61. The predicted molar refractivity (Wildman–Crippen MR) is 75.9 cm³/mol. The molecule has 0 unspecified atom stereocenters. The molecule has 0 saturated carbocycles. The highest BCUT2D eigenvalue weighted by Gasteiger charge is 2.26. The number of carbonyl (C=O) groups excluding carboxylic acids is 1. The second-order valence-corrected chi connectivity index (χ2v) is 5.96. The molecule has 1 amide bonds. The van der Waals surface area contributed by atoms with Crippen molar-refractivity contribution in [2.24, 2.45) is 5.92 Å². The van der Waals surface area contributed by atoms with Gasteiger partial charge in [0.2, 0.25) is 0 Å². The Hall–Kier alpha value is -1.40. The van der Waals surface area contributed by atoms with E-state index in [1.165, 1.54) is 11.3 Å². The molecule has 0 bridgehead atoms. The molecule has 1 aromatic rings. The average Bonchev–Trinajstić information content (AvgIpc) is 2.87. The van der Waals surface area contributed by atoms with Crippen molar-refractivity contribution in [3.63, 3.8) is 0 Å². The number of aliphatic carboxylic acids is 1. The number of carboxylic acid groups (broad SMARTS) is 1. The lowest BCUT2D eigenvalue weighted by molar-refractivity contribution is -0.138. The molecule has 5 nitrogen and oxygen atoms in total. The van der Waals surface area contributed by atoms with Crippen LogP contribution in [0.25, 0.3) is 0 Å². The summed E-state index contributed by atoms with van der Waals surface area (Å²) in [5, 5.41) is 10.7. The Balaban J connectivity index is 1.94. The number of amides is 1. The summed E-state index contributed by atoms with van der Waals surface area (Å²) in [5.74, 6) is -0.519. The normalized spacial score (nSPS) is 16.4. The summed E-state index contributed by atoms with van der Waals surface area (Å²) in [6.45, 7) is 1.72. The lowest BCUT2D eigenvalue weighted by Crippen LogP contribution is -2.38. The van der Waals surface area contributed by atoms with Gasteiger partial charge in [-0.3, -0.25) is 9.59 Å². The lowest BCUT2D eigenvalue weighted by Gasteiger charge is -2.31. The standard InChI is InChI=1S/C14H19NO4S/c1-19-9-11-4-7-20-13(11)14(18)15-5-2-10(3-6-15)8-12(16)17/h4,7,10H,2-3,5-6,8-9H2,1H3,(H,16,17). The van der Waals surface area contributed by atoms with E-state index in [2.05, 4.69) is 0 Å². The smallest absolute Gasteiger partial charge is 0.303 e. The summed E-state index contributed by atoms with van der Waals surface area (Å²) in [6.07, 6.45) is 1.74. The minimum Gasteiger partial charge on any atom is -0.481 e. The number of rotatable bonds is 5. The third-order valence-corrected chi connectivity index (χ3v) is 4.55. The van der Waals surface area contributed by atoms with E-state index in [9.17, 15) is 9.59 Å². The van der Waals surface area contributed by atoms with Crippen molar-refractivity contribution in [3.05, 3.63) is 21.9 Å². The zero-order chi connectivity index (χ0) is 14.5. The molecule has 0 atom stereocenters. The lowest BCUT2D eigenvalue weighted by atomic mass is 9.93. The molecule has 1 saturated heterocycles. The van der Waals surface area contributed by atoms with Crippen molar-refractivity contribution in [2.75, 3.05) is 20.2 Å². The van der Waals surface area contributed by atoms with E-state index in [-0.39, 0.29) is 18.2 Å². The first kappa shape index (κ1) is 15.0. The van der Waals surface area contributed by atoms with Gasteiger partial charge in [-0.15, -0.1) is 11.3 Å². The molecule has 0 aliphatic carbocycles. The zero-order valence-corrected chi connectivity index (χ0v) is 12.3. The number of methoxy groups -OCH3 is 1. The van der Waals surface area contributed by atoms with Crippen molar-refractivity contribution in [3.8, 4) is 0 Å². The molecule has 0 spiro atoms. The molecule has 1 fully saturated rings. The van der Waals surface area contributed by atoms with E-state index >= 15 is 0 Å². The summed E-state index contributed by atoms with van der Waals surface area (Å²) < 4.78 is 5.10. The van der Waals surface area contributed by atoms with Crippen LogP contribution in [-0.4, -0.2) is 42.1 Å². The zero-order valence-electron chi connectivity index (χ0n) is 11.5. The van der Waals surface area contributed by atoms with Crippen LogP contribution in [0.5, 0.6) is 0 Å². The van der Waals surface area contributed by atoms with E-state index in [4.69, 9.17) is 9.84 Å². The molecule has 2 rings (SSSR count). The number of piperidine rings is 1. The Labute approximate surface area is 122 Å². The average molecular weight is 297 g/mol. The van der Waals surface area contributed by atoms with Crippen molar-refractivity contribution in [1.29, 1.82) is 0 Å². The largest absolute Gasteiger partial charge is 0.481 e. The van der Waals surface area contributed by atoms with Gasteiger partial charge in [-0.2, -0.15) is 0 Å². The molecule has 1 aromatic heterocycles. The van der Waals surface area contributed by atoms with Gasteiger partial charge in [-0.25, -0.2) is 0 Å². The van der Waals surface area contributed by atoms with Crippen LogP contribution in [0.4, 0.5) is 0 Å². The summed E-state index contributed by atoms with van der Waals surface area (Å²) in [5.41, 5.74) is 0.926. The van der Waals surface area contributed by atoms with Crippen LogP contribution in [0.3, 0.4) is 0 Å². The van der Waals surface area contributed by atoms with Crippen molar-refractivity contribution in [2.45, 2.75) is 25.9 Å². The first-order valence-corrected chi connectivity index (χ1v) is 7.56. The predicted octanol–water partition coefficient (Wildman–Crippen LogP) is 2.22. The third-order valence-electron chi connectivity index (χ3n) is 3.61. The number of hydrogen-bond donors (Lipinski definition) is 1. The summed E-state index contributed by atoms with van der Waals surface area (Å²) in [4.78, 5) is 25.7. The molecular weight excluding hydrogens is 278 g/mol. The maximum absolute atomic E-state index is 12.4. The SMILES string of the molecule is COCc1ccsc1C(=O)N1CCC(CC(=O)O)CC1. The van der Waals surface area contributed by atoms with Crippen LogP contribution in [0, 0.1) is 5.92 Å². The topological polar surface area (TPSA) is 66.8 Å². The summed E-state index contributed by atoms with van der Waals surface area (Å²) >= 11 is 1.44. The van der Waals surface area contributed by atoms with E-state index in [0.717, 1.165) is 23.3 Å². The van der Waals surface area contributed by atoms with Gasteiger partial charge < -0.3 is 14.7 Å². The molecule has 0 radical (unpaired) electrons. The Morgan fingerprint density at radius 2 is 2.15 bits per heavy atom. The van der Waals surface area contributed by atoms with Crippen molar-refractivity contribution < 1.29 is 19.4 Å². The van der Waals surface area contributed by atoms with Crippen LogP contribution in [-0.2, 0) is 16.1 Å². The molecule has 6 heteroatoms. The Bertz CT molecular complexity index is 477. The molecule has 2 heterocycles. The number of carbonyl (C=O) groups is 2. The molecule has 1 N–H and O–H groups in total. The number of likely N-dealkylation sites (tertiary alicyclic amines) is 1. The highest BCUT2D eigenvalue weighted by Crippen LogP contribution is 2.25. The van der Waals surface area contributed by atoms with Crippen LogP contribution in [0.2, 0.25) is 0 Å². The van der Waals surface area contributed by atoms with Crippen LogP contribution >= 0.6 is 11.3 Å². The van der Waals surface area contributed by atoms with Crippen LogP contribution < -0.4 is 0 Å². The number of carboxylic acids is 1. The van der Waals surface area contributed by atoms with E-state index in [0.29, 0.717) is 19.7 Å². The quantitative estimate of drug-likeness (QED) is 0.905. The molecule has 0 aromatic carbocycles. The Morgan fingerprint density at radius 1 is 1.45 bits per heavy atom. The fourth-order valence-electron chi connectivity index (χ4n) is 2.52. The second-order valence-electron chi connectivity index (χ2n) is 5.04. The van der Waals surface area contributed by atoms with Gasteiger partial charge in [0.15, 0.2) is 0 Å². The van der Waals surface area contributed by atoms with E-state index in [1.807, 2.05) is 16.3 Å². The van der Waals surface area contributed by atoms with Crippen LogP contribution in [0.15, 0.2) is 11.4 Å². The fourth-order valence-corrected chi connectivity index (χ4v) is 3.40. The Morgan fingerprint density at radius 3 is 2.75 bits per heavy atom. The molecular formula is C14H19NO4S. The number of ether oxygens (including phenoxy) is 1. The minimum atomic E-state index is -0.754. The third kappa shape index (κ3) is 3.58. The second kappa shape index (κ2) is 6.85. The number of nitrogens with zero attached hydrogens (tertiary/aromatic N) is 1. The first-order valence-electron chi connectivity index (χ1n) is 6.68.